The molecule has 0 bridgehead atoms. The minimum atomic E-state index is 0. The fourth-order valence-corrected chi connectivity index (χ4v) is 4.28. The third kappa shape index (κ3) is 3.97. The maximum Gasteiger partial charge on any atom is 0.345 e. The standard InChI is InChI=1S/C22H23N4OS.BrH/c1-4-25-15-19(27-3)28-22(25)24-23-20-17-13-9-10-14-18(17)26(5-2)21(20)16-11-7-6-8-12-16;/h6-15H,4-5H2,1-3H3;1H/q+1;/p-1. The maximum atomic E-state index is 5.37. The summed E-state index contributed by atoms with van der Waals surface area (Å²) in [5, 5.41) is 12.1. The van der Waals surface area contributed by atoms with Crippen LogP contribution in [0, 0.1) is 0 Å². The van der Waals surface area contributed by atoms with Crippen LogP contribution >= 0.6 is 11.3 Å². The van der Waals surface area contributed by atoms with Crippen molar-refractivity contribution < 1.29 is 21.7 Å². The Balaban J connectivity index is 0.00000240. The molecular formula is C22H23BrN4OS. The van der Waals surface area contributed by atoms with Crippen LogP contribution in [-0.2, 0) is 13.1 Å². The minimum Gasteiger partial charge on any atom is -1.00 e. The number of halogens is 1. The molecule has 0 aliphatic carbocycles. The largest absolute Gasteiger partial charge is 1.00 e. The van der Waals surface area contributed by atoms with Gasteiger partial charge in [0.25, 0.3) is 0 Å². The molecule has 0 aliphatic rings. The molecule has 7 heteroatoms. The second-order valence-corrected chi connectivity index (χ2v) is 7.32. The van der Waals surface area contributed by atoms with Gasteiger partial charge in [0.1, 0.15) is 5.69 Å². The number of methoxy groups -OCH3 is 1. The molecule has 0 radical (unpaired) electrons. The number of rotatable bonds is 6. The van der Waals surface area contributed by atoms with Gasteiger partial charge in [0, 0.05) is 17.5 Å². The van der Waals surface area contributed by atoms with Crippen LogP contribution in [0.15, 0.2) is 71.0 Å². The van der Waals surface area contributed by atoms with E-state index in [0.29, 0.717) is 0 Å². The van der Waals surface area contributed by atoms with Crippen LogP contribution in [0.1, 0.15) is 13.8 Å². The van der Waals surface area contributed by atoms with E-state index in [9.17, 15) is 0 Å². The van der Waals surface area contributed by atoms with E-state index in [1.54, 1.807) is 7.11 Å². The fourth-order valence-electron chi connectivity index (χ4n) is 3.45. The van der Waals surface area contributed by atoms with Crippen LogP contribution in [0.4, 0.5) is 10.8 Å². The van der Waals surface area contributed by atoms with Crippen molar-refractivity contribution in [2.75, 3.05) is 7.11 Å². The fraction of sp³-hybridized carbons (Fsp3) is 0.227. The van der Waals surface area contributed by atoms with Gasteiger partial charge in [-0.2, -0.15) is 0 Å². The number of thiazole rings is 1. The van der Waals surface area contributed by atoms with Gasteiger partial charge in [-0.1, -0.05) is 48.5 Å². The van der Waals surface area contributed by atoms with E-state index in [1.165, 1.54) is 16.9 Å². The first kappa shape index (κ1) is 21.2. The van der Waals surface area contributed by atoms with Crippen LogP contribution in [-0.4, -0.2) is 16.2 Å². The monoisotopic (exact) mass is 470 g/mol. The average molecular weight is 471 g/mol. The van der Waals surface area contributed by atoms with Gasteiger partial charge in [-0.05, 0) is 25.0 Å². The molecule has 2 heterocycles. The number of benzene rings is 2. The number of para-hydroxylation sites is 1. The molecule has 0 saturated heterocycles. The van der Waals surface area contributed by atoms with Gasteiger partial charge in [-0.25, -0.2) is 4.57 Å². The number of hydrogen-bond acceptors (Lipinski definition) is 4. The Kier molecular flexibility index (Phi) is 6.82. The van der Waals surface area contributed by atoms with Crippen molar-refractivity contribution >= 4 is 33.1 Å². The van der Waals surface area contributed by atoms with E-state index in [-0.39, 0.29) is 17.0 Å². The van der Waals surface area contributed by atoms with Crippen molar-refractivity contribution in [2.24, 2.45) is 10.2 Å². The van der Waals surface area contributed by atoms with Crippen molar-refractivity contribution in [3.8, 4) is 16.3 Å². The molecule has 0 N–H and O–H groups in total. The molecule has 29 heavy (non-hydrogen) atoms. The first-order chi connectivity index (χ1) is 13.8. The number of fused-ring (bicyclic) bond motifs is 1. The van der Waals surface area contributed by atoms with Gasteiger partial charge in [0.2, 0.25) is 6.20 Å². The minimum absolute atomic E-state index is 0. The second kappa shape index (κ2) is 9.33. The molecule has 4 aromatic rings. The second-order valence-electron chi connectivity index (χ2n) is 6.35. The number of ether oxygens (including phenoxy) is 1. The van der Waals surface area contributed by atoms with Crippen LogP contribution in [0.3, 0.4) is 0 Å². The zero-order valence-electron chi connectivity index (χ0n) is 16.7. The summed E-state index contributed by atoms with van der Waals surface area (Å²) in [4.78, 5) is 0. The molecule has 2 aromatic carbocycles. The quantitative estimate of drug-likeness (QED) is 0.311. The highest BCUT2D eigenvalue weighted by atomic mass is 79.9. The summed E-state index contributed by atoms with van der Waals surface area (Å²) in [6.45, 7) is 5.93. The number of hydrogen-bond donors (Lipinski definition) is 0. The van der Waals surface area contributed by atoms with E-state index in [2.05, 4.69) is 72.1 Å². The molecule has 0 fully saturated rings. The zero-order chi connectivity index (χ0) is 19.5. The lowest BCUT2D eigenvalue weighted by Gasteiger charge is -2.08. The molecule has 0 amide bonds. The normalized spacial score (nSPS) is 11.1. The van der Waals surface area contributed by atoms with Gasteiger partial charge < -0.3 is 26.3 Å². The summed E-state index contributed by atoms with van der Waals surface area (Å²) in [5.74, 6) is 0. The van der Waals surface area contributed by atoms with Crippen molar-refractivity contribution in [2.45, 2.75) is 26.9 Å². The molecular weight excluding hydrogens is 448 g/mol. The van der Waals surface area contributed by atoms with Gasteiger partial charge in [-0.3, -0.25) is 0 Å². The van der Waals surface area contributed by atoms with Crippen molar-refractivity contribution in [3.05, 3.63) is 60.8 Å². The van der Waals surface area contributed by atoms with E-state index < -0.39 is 0 Å². The Bertz CT molecular complexity index is 1130. The number of nitrogens with zero attached hydrogens (tertiary/aromatic N) is 4. The van der Waals surface area contributed by atoms with Gasteiger partial charge in [0.15, 0.2) is 0 Å². The molecule has 0 aliphatic heterocycles. The average Bonchev–Trinajstić information content (AvgIpc) is 3.30. The van der Waals surface area contributed by atoms with Crippen molar-refractivity contribution in [1.29, 1.82) is 0 Å². The Hall–Kier alpha value is -2.51. The van der Waals surface area contributed by atoms with Crippen molar-refractivity contribution in [3.63, 3.8) is 0 Å². The summed E-state index contributed by atoms with van der Waals surface area (Å²) in [5.41, 5.74) is 4.31. The Morgan fingerprint density at radius 1 is 1.00 bits per heavy atom. The summed E-state index contributed by atoms with van der Waals surface area (Å²) >= 11 is 1.50. The Morgan fingerprint density at radius 3 is 2.41 bits per heavy atom. The lowest BCUT2D eigenvalue weighted by molar-refractivity contribution is -0.00000591. The molecule has 2 aromatic heterocycles. The van der Waals surface area contributed by atoms with Crippen LogP contribution in [0.5, 0.6) is 5.06 Å². The van der Waals surface area contributed by atoms with E-state index >= 15 is 0 Å². The number of aryl methyl sites for hydroxylation is 2. The van der Waals surface area contributed by atoms with Crippen LogP contribution < -0.4 is 21.7 Å². The highest BCUT2D eigenvalue weighted by Gasteiger charge is 2.20. The van der Waals surface area contributed by atoms with Crippen LogP contribution in [0.25, 0.3) is 22.2 Å². The first-order valence-corrected chi connectivity index (χ1v) is 10.2. The van der Waals surface area contributed by atoms with E-state index in [0.717, 1.165) is 45.6 Å². The lowest BCUT2D eigenvalue weighted by Crippen LogP contribution is -3.00. The third-order valence-electron chi connectivity index (χ3n) is 4.78. The summed E-state index contributed by atoms with van der Waals surface area (Å²) < 4.78 is 9.72. The predicted molar refractivity (Wildman–Crippen MR) is 116 cm³/mol. The Morgan fingerprint density at radius 2 is 1.72 bits per heavy atom. The van der Waals surface area contributed by atoms with Crippen LogP contribution in [0.2, 0.25) is 0 Å². The number of aromatic nitrogens is 2. The molecule has 150 valence electrons. The number of azo groups is 1. The summed E-state index contributed by atoms with van der Waals surface area (Å²) in [6, 6.07) is 18.8. The summed E-state index contributed by atoms with van der Waals surface area (Å²) in [7, 11) is 1.68. The van der Waals surface area contributed by atoms with Gasteiger partial charge >= 0.3 is 10.2 Å². The highest BCUT2D eigenvalue weighted by Crippen LogP contribution is 2.41. The maximum absolute atomic E-state index is 5.37. The Labute approximate surface area is 185 Å². The first-order valence-electron chi connectivity index (χ1n) is 9.42. The summed E-state index contributed by atoms with van der Waals surface area (Å²) in [6.07, 6.45) is 1.96. The smallest absolute Gasteiger partial charge is 0.345 e. The molecule has 0 spiro atoms. The van der Waals surface area contributed by atoms with Gasteiger partial charge in [0.05, 0.1) is 36.2 Å². The van der Waals surface area contributed by atoms with E-state index in [4.69, 9.17) is 9.85 Å². The zero-order valence-corrected chi connectivity index (χ0v) is 19.1. The van der Waals surface area contributed by atoms with Crippen molar-refractivity contribution in [1.82, 2.24) is 9.13 Å². The topological polar surface area (TPSA) is 43.8 Å². The third-order valence-corrected chi connectivity index (χ3v) is 5.76. The lowest BCUT2D eigenvalue weighted by atomic mass is 10.1. The van der Waals surface area contributed by atoms with Gasteiger partial charge in [-0.15, -0.1) is 5.11 Å². The SMILES string of the molecule is CCn1c(-c2ccccc2)c(N=N[c+]2sc(OC)cn2CC)c2ccccc21.[Br-]. The highest BCUT2D eigenvalue weighted by molar-refractivity contribution is 7.17. The molecule has 5 nitrogen and oxygen atoms in total. The molecule has 0 unspecified atom stereocenters. The predicted octanol–water partition coefficient (Wildman–Crippen LogP) is 3.92. The molecule has 0 atom stereocenters. The molecule has 0 saturated carbocycles. The van der Waals surface area contributed by atoms with E-state index in [1.807, 2.05) is 16.8 Å². The molecule has 4 rings (SSSR count).